The first kappa shape index (κ1) is 22.7. The van der Waals surface area contributed by atoms with Crippen molar-refractivity contribution in [3.8, 4) is 0 Å². The lowest BCUT2D eigenvalue weighted by atomic mass is 10.5. The number of hydrogen-bond donors (Lipinski definition) is 0. The summed E-state index contributed by atoms with van der Waals surface area (Å²) in [6.07, 6.45) is 3.50. The molecule has 1 heterocycles. The average Bonchev–Trinajstić information content (AvgIpc) is 2.41. The summed E-state index contributed by atoms with van der Waals surface area (Å²) in [7, 11) is 0. The Morgan fingerprint density at radius 2 is 0.786 bits per heavy atom. The van der Waals surface area contributed by atoms with E-state index in [9.17, 15) is 0 Å². The fraction of sp³-hybridized carbons (Fsp3) is 0. The second-order valence-corrected chi connectivity index (χ2v) is 1.02. The van der Waals surface area contributed by atoms with Gasteiger partial charge in [0, 0.05) is 12.4 Å². The summed E-state index contributed by atoms with van der Waals surface area (Å²) >= 11 is 0. The first-order chi connectivity index (χ1) is 7.00. The molecule has 0 unspecified atom stereocenters. The Hall–Kier alpha value is -1.89. The van der Waals surface area contributed by atoms with Crippen LogP contribution in [0.5, 0.6) is 0 Å². The Kier molecular flexibility index (Phi) is 109. The van der Waals surface area contributed by atoms with E-state index in [0.29, 0.717) is 0 Å². The van der Waals surface area contributed by atoms with E-state index >= 15 is 0 Å². The maximum absolute atomic E-state index is 3.78. The molecule has 1 rings (SSSR count). The van der Waals surface area contributed by atoms with E-state index in [0.717, 1.165) is 0 Å². The van der Waals surface area contributed by atoms with Crippen molar-refractivity contribution in [2.75, 3.05) is 0 Å². The van der Waals surface area contributed by atoms with Gasteiger partial charge in [0.15, 0.2) is 0 Å². The number of nitrogens with zero attached hydrogens (tertiary/aromatic N) is 1. The van der Waals surface area contributed by atoms with Crippen LogP contribution in [0, 0.1) is 0 Å². The van der Waals surface area contributed by atoms with Gasteiger partial charge in [-0.05, 0) is 12.1 Å². The van der Waals surface area contributed by atoms with Gasteiger partial charge in [-0.15, -0.1) is 52.6 Å². The van der Waals surface area contributed by atoms with Crippen molar-refractivity contribution < 1.29 is 0 Å². The van der Waals surface area contributed by atoms with E-state index in [1.54, 1.807) is 12.4 Å². The van der Waals surface area contributed by atoms with Crippen LogP contribution in [0.25, 0.3) is 0 Å². The molecule has 0 aliphatic carbocycles. The van der Waals surface area contributed by atoms with Gasteiger partial charge in [-0.1, -0.05) is 6.07 Å². The highest BCUT2D eigenvalue weighted by atomic mass is 14.6. The highest BCUT2D eigenvalue weighted by Gasteiger charge is 1.58. The molecule has 0 fully saturated rings. The van der Waals surface area contributed by atoms with Crippen LogP contribution >= 0.6 is 0 Å². The van der Waals surface area contributed by atoms with E-state index in [4.69, 9.17) is 0 Å². The second-order valence-electron chi connectivity index (χ2n) is 1.02. The van der Waals surface area contributed by atoms with Crippen LogP contribution in [-0.4, -0.2) is 4.98 Å². The summed E-state index contributed by atoms with van der Waals surface area (Å²) in [4.78, 5) is 3.78. The molecule has 0 radical (unpaired) electrons. The normalized spacial score (nSPS) is 4.57. The van der Waals surface area contributed by atoms with Crippen LogP contribution in [0.15, 0.2) is 83.2 Å². The Balaban J connectivity index is -0.0000000542. The lowest BCUT2D eigenvalue weighted by Crippen LogP contribution is -1.58. The zero-order valence-corrected chi connectivity index (χ0v) is 8.99. The quantitative estimate of drug-likeness (QED) is 0.557. The summed E-state index contributed by atoms with van der Waals surface area (Å²) in [5, 5.41) is 0. The third-order valence-corrected chi connectivity index (χ3v) is 0.566. The maximum Gasteiger partial charge on any atom is 0.0267 e. The molecule has 78 valence electrons. The number of aromatic nitrogens is 1. The van der Waals surface area contributed by atoms with Gasteiger partial charge in [-0.25, -0.2) is 0 Å². The largest absolute Gasteiger partial charge is 0.265 e. The van der Waals surface area contributed by atoms with Gasteiger partial charge in [-0.3, -0.25) is 4.98 Å². The first-order valence-electron chi connectivity index (χ1n) is 3.85. The molecule has 0 saturated carbocycles. The second kappa shape index (κ2) is 67.2. The molecule has 1 aromatic heterocycles. The summed E-state index contributed by atoms with van der Waals surface area (Å²) in [6, 6.07) is 5.72. The van der Waals surface area contributed by atoms with E-state index < -0.39 is 0 Å². The van der Waals surface area contributed by atoms with Crippen LogP contribution < -0.4 is 0 Å². The van der Waals surface area contributed by atoms with Crippen molar-refractivity contribution >= 4 is 0 Å². The molecule has 14 heavy (non-hydrogen) atoms. The summed E-state index contributed by atoms with van der Waals surface area (Å²) in [6.45, 7) is 24.0. The molecule has 0 N–H and O–H groups in total. The minimum Gasteiger partial charge on any atom is -0.265 e. The fourth-order valence-electron chi connectivity index (χ4n) is 0.313. The van der Waals surface area contributed by atoms with Gasteiger partial charge in [0.05, 0.1) is 0 Å². The Morgan fingerprint density at radius 3 is 0.857 bits per heavy atom. The predicted molar refractivity (Wildman–Crippen MR) is 69.3 cm³/mol. The van der Waals surface area contributed by atoms with Gasteiger partial charge in [-0.2, -0.15) is 0 Å². The van der Waals surface area contributed by atoms with Crippen molar-refractivity contribution in [1.29, 1.82) is 0 Å². The molecule has 1 heteroatoms. The summed E-state index contributed by atoms with van der Waals surface area (Å²) < 4.78 is 0. The zero-order chi connectivity index (χ0) is 12.2. The van der Waals surface area contributed by atoms with Crippen molar-refractivity contribution in [2.45, 2.75) is 0 Å². The van der Waals surface area contributed by atoms with Gasteiger partial charge in [0.2, 0.25) is 0 Å². The molecule has 0 bridgehead atoms. The third-order valence-electron chi connectivity index (χ3n) is 0.566. The van der Waals surface area contributed by atoms with Gasteiger partial charge in [0.25, 0.3) is 0 Å². The van der Waals surface area contributed by atoms with Crippen LogP contribution in [0.1, 0.15) is 0 Å². The molecule has 0 amide bonds. The Labute approximate surface area is 88.8 Å². The summed E-state index contributed by atoms with van der Waals surface area (Å²) in [5.41, 5.74) is 0. The van der Waals surface area contributed by atoms with E-state index in [1.807, 2.05) is 18.2 Å². The standard InChI is InChI=1S/C5H5N.4C2H4/c1-2-4-6-5-3-1;4*1-2/h1-5H;4*1-2H2. The zero-order valence-electron chi connectivity index (χ0n) is 8.99. The maximum atomic E-state index is 3.78. The van der Waals surface area contributed by atoms with Crippen LogP contribution in [0.4, 0.5) is 0 Å². The fourth-order valence-corrected chi connectivity index (χ4v) is 0.313. The highest BCUT2D eigenvalue weighted by Crippen LogP contribution is 1.73. The topological polar surface area (TPSA) is 12.9 Å². The SMILES string of the molecule is C=C.C=C.C=C.C=C.c1ccncc1. The molecule has 1 aromatic rings. The van der Waals surface area contributed by atoms with Gasteiger partial charge < -0.3 is 0 Å². The molecular formula is C13H21N. The molecule has 0 aliphatic rings. The lowest BCUT2D eigenvalue weighted by molar-refractivity contribution is 1.33. The van der Waals surface area contributed by atoms with Gasteiger partial charge in [0.1, 0.15) is 0 Å². The first-order valence-corrected chi connectivity index (χ1v) is 3.85. The van der Waals surface area contributed by atoms with Crippen LogP contribution in [0.3, 0.4) is 0 Å². The molecule has 0 spiro atoms. The van der Waals surface area contributed by atoms with Crippen LogP contribution in [0.2, 0.25) is 0 Å². The minimum absolute atomic E-state index is 1.75. The van der Waals surface area contributed by atoms with E-state index in [-0.39, 0.29) is 0 Å². The molecule has 0 atom stereocenters. The third kappa shape index (κ3) is 49.7. The van der Waals surface area contributed by atoms with Crippen molar-refractivity contribution in [1.82, 2.24) is 4.98 Å². The number of rotatable bonds is 0. The van der Waals surface area contributed by atoms with Crippen molar-refractivity contribution in [2.24, 2.45) is 0 Å². The summed E-state index contributed by atoms with van der Waals surface area (Å²) in [5.74, 6) is 0. The Bertz CT molecular complexity index is 114. The molecule has 0 saturated heterocycles. The molecule has 0 aromatic carbocycles. The van der Waals surface area contributed by atoms with Crippen LogP contribution in [-0.2, 0) is 0 Å². The van der Waals surface area contributed by atoms with E-state index in [2.05, 4.69) is 57.6 Å². The predicted octanol–water partition coefficient (Wildman–Crippen LogP) is 4.29. The Morgan fingerprint density at radius 1 is 0.500 bits per heavy atom. The number of hydrogen-bond acceptors (Lipinski definition) is 1. The molecule has 0 aliphatic heterocycles. The average molecular weight is 191 g/mol. The van der Waals surface area contributed by atoms with Crippen molar-refractivity contribution in [3.63, 3.8) is 0 Å². The molecule has 1 nitrogen and oxygen atoms in total. The molecular weight excluding hydrogens is 170 g/mol. The highest BCUT2D eigenvalue weighted by molar-refractivity contribution is 4.88. The lowest BCUT2D eigenvalue weighted by Gasteiger charge is -1.70. The van der Waals surface area contributed by atoms with E-state index in [1.165, 1.54) is 0 Å². The van der Waals surface area contributed by atoms with Gasteiger partial charge >= 0.3 is 0 Å². The number of pyridine rings is 1. The smallest absolute Gasteiger partial charge is 0.0267 e. The monoisotopic (exact) mass is 191 g/mol. The minimum atomic E-state index is 1.75. The van der Waals surface area contributed by atoms with Crippen molar-refractivity contribution in [3.05, 3.63) is 83.2 Å².